The van der Waals surface area contributed by atoms with Gasteiger partial charge >= 0.3 is 0 Å². The van der Waals surface area contributed by atoms with Crippen molar-refractivity contribution in [3.63, 3.8) is 0 Å². The van der Waals surface area contributed by atoms with E-state index in [1.165, 1.54) is 50.3 Å². The molecule has 2 unspecified atom stereocenters. The minimum atomic E-state index is -0.436. The molecule has 230 valence electrons. The Kier molecular flexibility index (Phi) is 6.13. The van der Waals surface area contributed by atoms with Crippen LogP contribution in [0.3, 0.4) is 0 Å². The number of nitrogens with zero attached hydrogens (tertiary/aromatic N) is 4. The van der Waals surface area contributed by atoms with Crippen molar-refractivity contribution in [2.45, 2.75) is 25.2 Å². The van der Waals surface area contributed by atoms with E-state index in [9.17, 15) is 0 Å². The minimum absolute atomic E-state index is 0.0998. The topological polar surface area (TPSA) is 43.2 Å². The number of para-hydroxylation sites is 1. The molecule has 5 aliphatic rings. The van der Waals surface area contributed by atoms with Gasteiger partial charge in [-0.3, -0.25) is 0 Å². The van der Waals surface area contributed by atoms with Crippen LogP contribution in [-0.4, -0.2) is 28.9 Å². The normalized spacial score (nSPS) is 21.1. The van der Waals surface area contributed by atoms with E-state index < -0.39 is 6.29 Å². The number of hydrogen-bond acceptors (Lipinski definition) is 5. The van der Waals surface area contributed by atoms with Crippen LogP contribution >= 0.6 is 0 Å². The van der Waals surface area contributed by atoms with Crippen LogP contribution in [0.1, 0.15) is 29.5 Å². The number of benzene rings is 5. The van der Waals surface area contributed by atoms with E-state index in [0.29, 0.717) is 0 Å². The Hall–Kier alpha value is -5.94. The summed E-state index contributed by atoms with van der Waals surface area (Å²) in [7, 11) is 0. The number of aliphatic imine (C=N–C) groups is 2. The average Bonchev–Trinajstić information content (AvgIpc) is 3.68. The molecule has 0 aromatic heterocycles. The number of allylic oxidation sites excluding steroid dienone is 5. The van der Waals surface area contributed by atoms with E-state index in [1.807, 2.05) is 12.1 Å². The maximum atomic E-state index is 5.35. The molecule has 0 fully saturated rings. The second kappa shape index (κ2) is 10.8. The summed E-state index contributed by atoms with van der Waals surface area (Å²) in [6, 6.07) is 45.3. The van der Waals surface area contributed by atoms with Crippen LogP contribution in [0, 0.1) is 5.92 Å². The van der Waals surface area contributed by atoms with E-state index in [1.54, 1.807) is 0 Å². The Morgan fingerprint density at radius 1 is 0.625 bits per heavy atom. The molecule has 5 aromatic carbocycles. The molecule has 1 N–H and O–H groups in total. The second-order valence-electron chi connectivity index (χ2n) is 12.9. The van der Waals surface area contributed by atoms with Crippen molar-refractivity contribution in [2.75, 3.05) is 4.90 Å². The Labute approximate surface area is 280 Å². The minimum Gasteiger partial charge on any atom is -0.332 e. The standard InChI is InChI=1S/C43H33N5/c1-3-15-29(16-4-1)41-44-42(30-17-5-2-6-18-30)46-43(45-41)48-37-24-12-10-22-34(37)39-38(48)27-26-33-32-21-9-11-23-36(32)47(40(33)39)35-25-13-19-28-14-7-8-20-31(28)35/h1-11,13-23,25-27,39-40,43H,12,24H2,(H,44,45,46). The fourth-order valence-electron chi connectivity index (χ4n) is 8.27. The number of fused-ring (bicyclic) bond motifs is 7. The third kappa shape index (κ3) is 4.10. The lowest BCUT2D eigenvalue weighted by Gasteiger charge is -2.38. The van der Waals surface area contributed by atoms with Gasteiger partial charge in [0.2, 0.25) is 6.29 Å². The van der Waals surface area contributed by atoms with Gasteiger partial charge in [0.15, 0.2) is 0 Å². The number of hydrogen-bond donors (Lipinski definition) is 1. The molecule has 0 saturated carbocycles. The molecular weight excluding hydrogens is 587 g/mol. The van der Waals surface area contributed by atoms with Crippen LogP contribution in [0.15, 0.2) is 179 Å². The Morgan fingerprint density at radius 2 is 1.29 bits per heavy atom. The number of amidine groups is 2. The van der Waals surface area contributed by atoms with Crippen molar-refractivity contribution in [1.29, 1.82) is 0 Å². The molecule has 2 atom stereocenters. The first kappa shape index (κ1) is 27.2. The van der Waals surface area contributed by atoms with Crippen LogP contribution in [0.2, 0.25) is 0 Å². The zero-order chi connectivity index (χ0) is 31.6. The maximum Gasteiger partial charge on any atom is 0.224 e. The lowest BCUT2D eigenvalue weighted by Crippen LogP contribution is -2.44. The number of nitrogens with one attached hydrogen (secondary N) is 1. The van der Waals surface area contributed by atoms with Gasteiger partial charge in [-0.25, -0.2) is 9.98 Å². The fraction of sp³-hybridized carbons (Fsp3) is 0.116. The zero-order valence-electron chi connectivity index (χ0n) is 26.4. The van der Waals surface area contributed by atoms with E-state index in [0.717, 1.165) is 35.6 Å². The molecule has 3 aliphatic heterocycles. The molecular formula is C43H33N5. The van der Waals surface area contributed by atoms with Gasteiger partial charge in [0.05, 0.1) is 12.0 Å². The first-order valence-electron chi connectivity index (χ1n) is 16.8. The van der Waals surface area contributed by atoms with Gasteiger partial charge in [0, 0.05) is 44.8 Å². The first-order chi connectivity index (χ1) is 23.8. The summed E-state index contributed by atoms with van der Waals surface area (Å²) < 4.78 is 0. The number of anilines is 2. The van der Waals surface area contributed by atoms with Crippen LogP contribution in [0.25, 0.3) is 16.3 Å². The smallest absolute Gasteiger partial charge is 0.224 e. The van der Waals surface area contributed by atoms with Gasteiger partial charge in [-0.05, 0) is 47.6 Å². The first-order valence-corrected chi connectivity index (χ1v) is 16.8. The van der Waals surface area contributed by atoms with Crippen molar-refractivity contribution in [3.8, 4) is 0 Å². The van der Waals surface area contributed by atoms with Gasteiger partial charge in [0.1, 0.15) is 11.7 Å². The molecule has 5 aromatic rings. The van der Waals surface area contributed by atoms with E-state index in [2.05, 4.69) is 155 Å². The van der Waals surface area contributed by atoms with Crippen molar-refractivity contribution in [2.24, 2.45) is 15.9 Å². The second-order valence-corrected chi connectivity index (χ2v) is 12.9. The third-order valence-corrected chi connectivity index (χ3v) is 10.3. The Morgan fingerprint density at radius 3 is 2.08 bits per heavy atom. The predicted octanol–water partition coefficient (Wildman–Crippen LogP) is 8.96. The predicted molar refractivity (Wildman–Crippen MR) is 196 cm³/mol. The van der Waals surface area contributed by atoms with Gasteiger partial charge < -0.3 is 15.1 Å². The van der Waals surface area contributed by atoms with Crippen molar-refractivity contribution in [3.05, 3.63) is 185 Å². The molecule has 5 nitrogen and oxygen atoms in total. The quantitative estimate of drug-likeness (QED) is 0.218. The Balaban J connectivity index is 1.16. The van der Waals surface area contributed by atoms with Crippen LogP contribution < -0.4 is 10.2 Å². The highest BCUT2D eigenvalue weighted by atomic mass is 15.4. The lowest BCUT2D eigenvalue weighted by molar-refractivity contribution is 0.314. The lowest BCUT2D eigenvalue weighted by atomic mass is 9.80. The summed E-state index contributed by atoms with van der Waals surface area (Å²) in [5.41, 5.74) is 11.2. The van der Waals surface area contributed by atoms with E-state index >= 15 is 0 Å². The SMILES string of the molecule is C1=CC2=C(CC1)N(C1N=C(c3ccccc3)NC(c3ccccc3)=N1)C1=CC=C3c4ccccc4N(c4cccc5ccccc45)C3C12. The van der Waals surface area contributed by atoms with Crippen molar-refractivity contribution < 1.29 is 0 Å². The fourth-order valence-corrected chi connectivity index (χ4v) is 8.27. The largest absolute Gasteiger partial charge is 0.332 e. The molecule has 0 amide bonds. The number of rotatable bonds is 4. The van der Waals surface area contributed by atoms with Gasteiger partial charge in [-0.2, -0.15) is 0 Å². The van der Waals surface area contributed by atoms with Crippen molar-refractivity contribution in [1.82, 2.24) is 10.2 Å². The monoisotopic (exact) mass is 619 g/mol. The average molecular weight is 620 g/mol. The summed E-state index contributed by atoms with van der Waals surface area (Å²) in [5, 5.41) is 6.10. The van der Waals surface area contributed by atoms with E-state index in [-0.39, 0.29) is 12.0 Å². The highest BCUT2D eigenvalue weighted by Crippen LogP contribution is 2.57. The molecule has 48 heavy (non-hydrogen) atoms. The van der Waals surface area contributed by atoms with Crippen molar-refractivity contribution >= 4 is 39.4 Å². The summed E-state index contributed by atoms with van der Waals surface area (Å²) in [6.45, 7) is 0. The molecule has 0 radical (unpaired) electrons. The van der Waals surface area contributed by atoms with Gasteiger partial charge in [0.25, 0.3) is 0 Å². The van der Waals surface area contributed by atoms with E-state index in [4.69, 9.17) is 9.98 Å². The molecule has 0 saturated heterocycles. The maximum absolute atomic E-state index is 5.35. The molecule has 10 rings (SSSR count). The molecule has 2 aliphatic carbocycles. The third-order valence-electron chi connectivity index (χ3n) is 10.3. The van der Waals surface area contributed by atoms with Crippen LogP contribution in [0.4, 0.5) is 11.4 Å². The highest BCUT2D eigenvalue weighted by Gasteiger charge is 2.51. The molecule has 5 heteroatoms. The van der Waals surface area contributed by atoms with Gasteiger partial charge in [-0.15, -0.1) is 0 Å². The molecule has 3 heterocycles. The zero-order valence-corrected chi connectivity index (χ0v) is 26.4. The Bertz CT molecular complexity index is 2230. The highest BCUT2D eigenvalue weighted by molar-refractivity contribution is 6.15. The summed E-state index contributed by atoms with van der Waals surface area (Å²) >= 11 is 0. The summed E-state index contributed by atoms with van der Waals surface area (Å²) in [6.07, 6.45) is 11.0. The molecule has 0 bridgehead atoms. The molecule has 0 spiro atoms. The van der Waals surface area contributed by atoms with Gasteiger partial charge in [-0.1, -0.05) is 133 Å². The van der Waals surface area contributed by atoms with Crippen LogP contribution in [-0.2, 0) is 0 Å². The van der Waals surface area contributed by atoms with Crippen LogP contribution in [0.5, 0.6) is 0 Å². The summed E-state index contributed by atoms with van der Waals surface area (Å²) in [4.78, 5) is 15.8. The summed E-state index contributed by atoms with van der Waals surface area (Å²) in [5.74, 6) is 1.80.